The first-order valence-corrected chi connectivity index (χ1v) is 10.8. The van der Waals surface area contributed by atoms with Crippen LogP contribution in [0.5, 0.6) is 0 Å². The molecular weight excluding hydrogens is 412 g/mol. The van der Waals surface area contributed by atoms with Crippen molar-refractivity contribution in [3.8, 4) is 12.3 Å². The maximum atomic E-state index is 11.8. The summed E-state index contributed by atoms with van der Waals surface area (Å²) in [4.78, 5) is 12.9. The Bertz CT molecular complexity index is 1110. The predicted octanol–water partition coefficient (Wildman–Crippen LogP) is 0.352. The van der Waals surface area contributed by atoms with Crippen LogP contribution in [0.2, 0.25) is 0 Å². The summed E-state index contributed by atoms with van der Waals surface area (Å²) in [6, 6.07) is 0. The lowest BCUT2D eigenvalue weighted by Gasteiger charge is -2.24. The van der Waals surface area contributed by atoms with Crippen LogP contribution in [0.25, 0.3) is 11.2 Å². The monoisotopic (exact) mass is 434 g/mol. The Morgan fingerprint density at radius 3 is 2.83 bits per heavy atom. The highest BCUT2D eigenvalue weighted by molar-refractivity contribution is 7.92. The molecule has 2 aliphatic heterocycles. The highest BCUT2D eigenvalue weighted by atomic mass is 32.2. The van der Waals surface area contributed by atoms with Gasteiger partial charge in [0.15, 0.2) is 29.0 Å². The number of ether oxygens (including phenoxy) is 3. The van der Waals surface area contributed by atoms with Gasteiger partial charge in [-0.3, -0.25) is 4.57 Å². The van der Waals surface area contributed by atoms with Gasteiger partial charge in [0.25, 0.3) is 0 Å². The Morgan fingerprint density at radius 2 is 2.10 bits per heavy atom. The fourth-order valence-electron chi connectivity index (χ4n) is 3.61. The summed E-state index contributed by atoms with van der Waals surface area (Å²) in [5.74, 6) is 2.14. The van der Waals surface area contributed by atoms with Crippen molar-refractivity contribution in [1.29, 1.82) is 0 Å². The molecule has 2 N–H and O–H groups in total. The molecule has 2 aliphatic rings. The number of imidazole rings is 1. The number of sulfonamides is 1. The maximum Gasteiger partial charge on any atom is 0.233 e. The first-order chi connectivity index (χ1) is 14.2. The zero-order valence-electron chi connectivity index (χ0n) is 16.5. The van der Waals surface area contributed by atoms with E-state index in [0.717, 1.165) is 5.41 Å². The van der Waals surface area contributed by atoms with Gasteiger partial charge in [-0.05, 0) is 13.8 Å². The minimum atomic E-state index is -3.61. The SMILES string of the molecule is C#CCNc1ncnc2c1ncn2[C@@H]1O[C@H](CNS(=O)(=O)C=C)[C@H]2OC(C)(C)O[C@H]21. The van der Waals surface area contributed by atoms with Gasteiger partial charge in [-0.25, -0.2) is 28.1 Å². The number of hydrogen-bond acceptors (Lipinski definition) is 9. The van der Waals surface area contributed by atoms with Gasteiger partial charge in [0.05, 0.1) is 12.9 Å². The number of fused-ring (bicyclic) bond motifs is 2. The first-order valence-electron chi connectivity index (χ1n) is 9.23. The summed E-state index contributed by atoms with van der Waals surface area (Å²) >= 11 is 0. The zero-order valence-corrected chi connectivity index (χ0v) is 17.3. The molecule has 0 radical (unpaired) electrons. The molecule has 4 heterocycles. The third-order valence-corrected chi connectivity index (χ3v) is 5.83. The van der Waals surface area contributed by atoms with E-state index in [-0.39, 0.29) is 6.54 Å². The molecule has 4 rings (SSSR count). The van der Waals surface area contributed by atoms with Gasteiger partial charge in [-0.2, -0.15) is 0 Å². The van der Waals surface area contributed by atoms with Crippen molar-refractivity contribution in [2.45, 2.75) is 44.2 Å². The quantitative estimate of drug-likeness (QED) is 0.593. The van der Waals surface area contributed by atoms with E-state index in [2.05, 4.69) is 37.5 Å². The molecule has 0 aromatic carbocycles. The number of anilines is 1. The van der Waals surface area contributed by atoms with Gasteiger partial charge in [-0.1, -0.05) is 12.5 Å². The van der Waals surface area contributed by atoms with Crippen molar-refractivity contribution < 1.29 is 22.6 Å². The molecule has 4 atom stereocenters. The van der Waals surface area contributed by atoms with Crippen LogP contribution in [0.3, 0.4) is 0 Å². The van der Waals surface area contributed by atoms with Crippen molar-refractivity contribution in [2.75, 3.05) is 18.4 Å². The van der Waals surface area contributed by atoms with E-state index >= 15 is 0 Å². The number of aromatic nitrogens is 4. The van der Waals surface area contributed by atoms with E-state index in [9.17, 15) is 8.42 Å². The molecule has 0 aliphatic carbocycles. The average molecular weight is 434 g/mol. The van der Waals surface area contributed by atoms with Crippen LogP contribution in [0.4, 0.5) is 5.82 Å². The number of nitrogens with one attached hydrogen (secondary N) is 2. The minimum Gasteiger partial charge on any atom is -0.357 e. The summed E-state index contributed by atoms with van der Waals surface area (Å²) < 4.78 is 45.9. The van der Waals surface area contributed by atoms with Crippen LogP contribution in [0.1, 0.15) is 20.1 Å². The van der Waals surface area contributed by atoms with E-state index < -0.39 is 40.4 Å². The second-order valence-electron chi connectivity index (χ2n) is 7.29. The molecule has 30 heavy (non-hydrogen) atoms. The smallest absolute Gasteiger partial charge is 0.233 e. The number of nitrogens with zero attached hydrogens (tertiary/aromatic N) is 4. The molecule has 11 nitrogen and oxygen atoms in total. The maximum absolute atomic E-state index is 11.8. The average Bonchev–Trinajstić information content (AvgIpc) is 3.35. The van der Waals surface area contributed by atoms with Crippen LogP contribution < -0.4 is 10.0 Å². The third-order valence-electron chi connectivity index (χ3n) is 4.82. The van der Waals surface area contributed by atoms with Gasteiger partial charge >= 0.3 is 0 Å². The summed E-state index contributed by atoms with van der Waals surface area (Å²) in [5.41, 5.74) is 1.05. The summed E-state index contributed by atoms with van der Waals surface area (Å²) in [6.45, 7) is 7.18. The lowest BCUT2D eigenvalue weighted by molar-refractivity contribution is -0.195. The lowest BCUT2D eigenvalue weighted by Crippen LogP contribution is -2.39. The van der Waals surface area contributed by atoms with Gasteiger partial charge in [0.1, 0.15) is 24.6 Å². The van der Waals surface area contributed by atoms with Gasteiger partial charge < -0.3 is 19.5 Å². The number of hydrogen-bond donors (Lipinski definition) is 2. The standard InChI is InChI=1S/C18H22N6O5S/c1-5-7-19-15-12-16(21-9-20-15)24(10-22-12)17-14-13(28-18(3,4)29-14)11(27-17)8-23-30(25,26)6-2/h1,6,9-11,13-14,17,23H,2,7-8H2,3-4H3,(H,19,20,21)/t11-,13-,14-,17-/m1/s1. The molecule has 160 valence electrons. The van der Waals surface area contributed by atoms with Crippen molar-refractivity contribution in [2.24, 2.45) is 0 Å². The fraction of sp³-hybridized carbons (Fsp3) is 0.500. The Kier molecular flexibility index (Phi) is 5.25. The molecule has 2 aromatic heterocycles. The van der Waals surface area contributed by atoms with Gasteiger partial charge in [0.2, 0.25) is 10.0 Å². The largest absolute Gasteiger partial charge is 0.357 e. The highest BCUT2D eigenvalue weighted by Crippen LogP contribution is 2.43. The second-order valence-corrected chi connectivity index (χ2v) is 9.01. The van der Waals surface area contributed by atoms with Crippen LogP contribution in [-0.4, -0.2) is 65.1 Å². The van der Waals surface area contributed by atoms with E-state index in [4.69, 9.17) is 20.6 Å². The summed E-state index contributed by atoms with van der Waals surface area (Å²) in [5, 5.41) is 3.85. The van der Waals surface area contributed by atoms with Crippen molar-refractivity contribution >= 4 is 27.0 Å². The Hall–Kier alpha value is -2.56. The molecule has 2 saturated heterocycles. The number of rotatable bonds is 7. The molecule has 2 aromatic rings. The molecule has 0 amide bonds. The fourth-order valence-corrected chi connectivity index (χ4v) is 4.12. The van der Waals surface area contributed by atoms with Crippen molar-refractivity contribution in [3.63, 3.8) is 0 Å². The Morgan fingerprint density at radius 1 is 1.33 bits per heavy atom. The molecule has 0 unspecified atom stereocenters. The van der Waals surface area contributed by atoms with Crippen molar-refractivity contribution in [3.05, 3.63) is 24.6 Å². The van der Waals surface area contributed by atoms with E-state index in [0.29, 0.717) is 23.5 Å². The Balaban J connectivity index is 1.65. The molecular formula is C18H22N6O5S. The van der Waals surface area contributed by atoms with Gasteiger partial charge in [0, 0.05) is 12.0 Å². The summed E-state index contributed by atoms with van der Waals surface area (Å²) in [7, 11) is -3.61. The van der Waals surface area contributed by atoms with E-state index in [1.807, 2.05) is 0 Å². The van der Waals surface area contributed by atoms with Crippen molar-refractivity contribution in [1.82, 2.24) is 24.2 Å². The predicted molar refractivity (Wildman–Crippen MR) is 108 cm³/mol. The van der Waals surface area contributed by atoms with Crippen LogP contribution in [0, 0.1) is 12.3 Å². The normalized spacial score (nSPS) is 27.6. The zero-order chi connectivity index (χ0) is 21.5. The Labute approximate surface area is 173 Å². The topological polar surface area (TPSA) is 129 Å². The molecule has 12 heteroatoms. The highest BCUT2D eigenvalue weighted by Gasteiger charge is 2.56. The van der Waals surface area contributed by atoms with Gasteiger partial charge in [-0.15, -0.1) is 6.42 Å². The van der Waals surface area contributed by atoms with E-state index in [1.54, 1.807) is 24.7 Å². The second kappa shape index (κ2) is 7.60. The summed E-state index contributed by atoms with van der Waals surface area (Å²) in [6.07, 6.45) is 6.08. The van der Waals surface area contributed by atoms with Crippen LogP contribution >= 0.6 is 0 Å². The first kappa shape index (κ1) is 20.7. The van der Waals surface area contributed by atoms with Crippen LogP contribution in [-0.2, 0) is 24.2 Å². The molecule has 0 bridgehead atoms. The minimum absolute atomic E-state index is 0.00203. The van der Waals surface area contributed by atoms with E-state index in [1.165, 1.54) is 6.33 Å². The molecule has 0 saturated carbocycles. The van der Waals surface area contributed by atoms with Crippen LogP contribution in [0.15, 0.2) is 24.6 Å². The molecule has 2 fully saturated rings. The molecule has 0 spiro atoms. The number of terminal acetylenes is 1. The third kappa shape index (κ3) is 3.78. The lowest BCUT2D eigenvalue weighted by atomic mass is 10.1.